The molecule has 0 spiro atoms. The molecule has 3 N–H and O–H groups in total. The lowest BCUT2D eigenvalue weighted by Crippen LogP contribution is -2.30. The average Bonchev–Trinajstić information content (AvgIpc) is 2.25. The minimum atomic E-state index is -1.20. The first kappa shape index (κ1) is 13.5. The second kappa shape index (κ2) is 6.24. The summed E-state index contributed by atoms with van der Waals surface area (Å²) in [6.45, 7) is 0. The molecule has 1 aromatic rings. The number of hydrogen-bond acceptors (Lipinski definition) is 3. The predicted octanol–water partition coefficient (Wildman–Crippen LogP) is 1.93. The van der Waals surface area contributed by atoms with E-state index < -0.39 is 18.2 Å². The first-order valence-electron chi connectivity index (χ1n) is 4.92. The first-order chi connectivity index (χ1) is 7.99. The van der Waals surface area contributed by atoms with Crippen LogP contribution in [0.5, 0.6) is 0 Å². The molecule has 0 aliphatic heterocycles. The van der Waals surface area contributed by atoms with E-state index in [1.54, 1.807) is 0 Å². The molecule has 1 atom stereocenters. The van der Waals surface area contributed by atoms with E-state index in [1.807, 2.05) is 24.3 Å². The van der Waals surface area contributed by atoms with Gasteiger partial charge in [0.15, 0.2) is 0 Å². The van der Waals surface area contributed by atoms with Gasteiger partial charge in [0.05, 0.1) is 0 Å². The summed E-state index contributed by atoms with van der Waals surface area (Å²) in [5, 5.41) is 8.80. The summed E-state index contributed by atoms with van der Waals surface area (Å²) in [6, 6.07) is 7.46. The molecule has 0 bridgehead atoms. The molecule has 0 fully saturated rings. The van der Waals surface area contributed by atoms with Gasteiger partial charge in [-0.25, -0.2) is 9.59 Å². The van der Waals surface area contributed by atoms with Crippen molar-refractivity contribution in [2.75, 3.05) is 0 Å². The number of carbonyl (C=O) groups excluding carboxylic acids is 1. The van der Waals surface area contributed by atoms with E-state index in [2.05, 4.69) is 20.7 Å². The van der Waals surface area contributed by atoms with Crippen molar-refractivity contribution in [1.29, 1.82) is 0 Å². The molecule has 0 aliphatic carbocycles. The summed E-state index contributed by atoms with van der Waals surface area (Å²) >= 11 is 3.30. The Bertz CT molecular complexity index is 404. The van der Waals surface area contributed by atoms with Gasteiger partial charge in [0.2, 0.25) is 6.10 Å². The van der Waals surface area contributed by atoms with Crippen molar-refractivity contribution >= 4 is 28.0 Å². The Morgan fingerprint density at radius 2 is 1.94 bits per heavy atom. The fourth-order valence-electron chi connectivity index (χ4n) is 1.32. The molecule has 0 radical (unpaired) electrons. The zero-order chi connectivity index (χ0) is 12.8. The van der Waals surface area contributed by atoms with Crippen LogP contribution in [0.25, 0.3) is 0 Å². The molecule has 1 rings (SSSR count). The number of hydrogen-bond donors (Lipinski definition) is 2. The van der Waals surface area contributed by atoms with Gasteiger partial charge in [0.25, 0.3) is 0 Å². The highest BCUT2D eigenvalue weighted by atomic mass is 79.9. The third-order valence-corrected chi connectivity index (χ3v) is 2.67. The predicted molar refractivity (Wildman–Crippen MR) is 64.6 cm³/mol. The van der Waals surface area contributed by atoms with Gasteiger partial charge in [0, 0.05) is 4.47 Å². The Labute approximate surface area is 107 Å². The number of primary amides is 1. The van der Waals surface area contributed by atoms with Gasteiger partial charge in [0.1, 0.15) is 0 Å². The van der Waals surface area contributed by atoms with Crippen molar-refractivity contribution in [2.45, 2.75) is 18.9 Å². The SMILES string of the molecule is NC(=O)OC(CCc1ccc(Br)cc1)C(=O)O. The molecular weight excluding hydrogens is 290 g/mol. The Morgan fingerprint density at radius 3 is 2.41 bits per heavy atom. The quantitative estimate of drug-likeness (QED) is 0.869. The van der Waals surface area contributed by atoms with Crippen LogP contribution in [0.3, 0.4) is 0 Å². The smallest absolute Gasteiger partial charge is 0.405 e. The van der Waals surface area contributed by atoms with E-state index in [0.29, 0.717) is 6.42 Å². The van der Waals surface area contributed by atoms with Gasteiger partial charge in [-0.05, 0) is 30.5 Å². The van der Waals surface area contributed by atoms with Gasteiger partial charge in [-0.1, -0.05) is 28.1 Å². The highest BCUT2D eigenvalue weighted by molar-refractivity contribution is 9.10. The summed E-state index contributed by atoms with van der Waals surface area (Å²) in [7, 11) is 0. The minimum absolute atomic E-state index is 0.194. The largest absolute Gasteiger partial charge is 0.479 e. The Kier molecular flexibility index (Phi) is 4.96. The third kappa shape index (κ3) is 4.86. The normalized spacial score (nSPS) is 11.8. The summed E-state index contributed by atoms with van der Waals surface area (Å²) in [5.74, 6) is -1.19. The second-order valence-electron chi connectivity index (χ2n) is 3.43. The maximum absolute atomic E-state index is 10.8. The standard InChI is InChI=1S/C11H12BrNO4/c12-8-4-1-7(2-5-8)3-6-9(10(14)15)17-11(13)16/h1-2,4-5,9H,3,6H2,(H2,13,16)(H,14,15). The molecule has 1 unspecified atom stereocenters. The molecule has 6 heteroatoms. The van der Waals surface area contributed by atoms with E-state index in [9.17, 15) is 9.59 Å². The lowest BCUT2D eigenvalue weighted by Gasteiger charge is -2.11. The molecule has 0 aromatic heterocycles. The van der Waals surface area contributed by atoms with Crippen molar-refractivity contribution in [3.05, 3.63) is 34.3 Å². The van der Waals surface area contributed by atoms with Crippen LogP contribution in [0.15, 0.2) is 28.7 Å². The monoisotopic (exact) mass is 301 g/mol. The number of ether oxygens (including phenoxy) is 1. The van der Waals surface area contributed by atoms with Crippen LogP contribution in [0.4, 0.5) is 4.79 Å². The number of amides is 1. The van der Waals surface area contributed by atoms with Crippen molar-refractivity contribution in [1.82, 2.24) is 0 Å². The molecule has 17 heavy (non-hydrogen) atoms. The lowest BCUT2D eigenvalue weighted by molar-refractivity contribution is -0.146. The number of rotatable bonds is 5. The van der Waals surface area contributed by atoms with Crippen LogP contribution in [0.2, 0.25) is 0 Å². The van der Waals surface area contributed by atoms with Crippen LogP contribution < -0.4 is 5.73 Å². The van der Waals surface area contributed by atoms with E-state index >= 15 is 0 Å². The van der Waals surface area contributed by atoms with Crippen LogP contribution in [-0.4, -0.2) is 23.3 Å². The number of carboxylic acids is 1. The fraction of sp³-hybridized carbons (Fsp3) is 0.273. The molecule has 0 heterocycles. The first-order valence-corrected chi connectivity index (χ1v) is 5.71. The van der Waals surface area contributed by atoms with Gasteiger partial charge in [-0.3, -0.25) is 0 Å². The highest BCUT2D eigenvalue weighted by Gasteiger charge is 2.20. The van der Waals surface area contributed by atoms with Crippen LogP contribution in [0, 0.1) is 0 Å². The molecule has 92 valence electrons. The van der Waals surface area contributed by atoms with Gasteiger partial charge in [-0.15, -0.1) is 0 Å². The molecular formula is C11H12BrNO4. The zero-order valence-corrected chi connectivity index (χ0v) is 10.5. The number of halogens is 1. The van der Waals surface area contributed by atoms with Crippen molar-refractivity contribution < 1.29 is 19.4 Å². The van der Waals surface area contributed by atoms with Crippen molar-refractivity contribution in [3.8, 4) is 0 Å². The maximum atomic E-state index is 10.8. The van der Waals surface area contributed by atoms with E-state index in [1.165, 1.54) is 0 Å². The Morgan fingerprint density at radius 1 is 1.35 bits per heavy atom. The number of aliphatic carboxylic acids is 1. The molecule has 1 amide bonds. The summed E-state index contributed by atoms with van der Waals surface area (Å²) in [5.41, 5.74) is 5.75. The molecule has 1 aromatic carbocycles. The number of aryl methyl sites for hydroxylation is 1. The van der Waals surface area contributed by atoms with Gasteiger partial charge >= 0.3 is 12.1 Å². The summed E-state index contributed by atoms with van der Waals surface area (Å²) < 4.78 is 5.44. The third-order valence-electron chi connectivity index (χ3n) is 2.14. The van der Waals surface area contributed by atoms with Crippen molar-refractivity contribution in [3.63, 3.8) is 0 Å². The molecule has 0 saturated heterocycles. The lowest BCUT2D eigenvalue weighted by atomic mass is 10.1. The Hall–Kier alpha value is -1.56. The van der Waals surface area contributed by atoms with E-state index in [-0.39, 0.29) is 6.42 Å². The zero-order valence-electron chi connectivity index (χ0n) is 8.93. The number of nitrogens with two attached hydrogens (primary N) is 1. The minimum Gasteiger partial charge on any atom is -0.479 e. The molecule has 0 saturated carbocycles. The summed E-state index contributed by atoms with van der Waals surface area (Å²) in [4.78, 5) is 21.3. The van der Waals surface area contributed by atoms with Gasteiger partial charge in [-0.2, -0.15) is 0 Å². The number of carboxylic acid groups (broad SMARTS) is 1. The number of carbonyl (C=O) groups is 2. The van der Waals surface area contributed by atoms with Crippen LogP contribution in [0.1, 0.15) is 12.0 Å². The molecule has 0 aliphatic rings. The fourth-order valence-corrected chi connectivity index (χ4v) is 1.59. The van der Waals surface area contributed by atoms with E-state index in [0.717, 1.165) is 10.0 Å². The number of benzene rings is 1. The Balaban J connectivity index is 2.54. The van der Waals surface area contributed by atoms with Crippen molar-refractivity contribution in [2.24, 2.45) is 5.73 Å². The van der Waals surface area contributed by atoms with Gasteiger partial charge < -0.3 is 15.6 Å². The maximum Gasteiger partial charge on any atom is 0.405 e. The summed E-state index contributed by atoms with van der Waals surface area (Å²) in [6.07, 6.45) is -1.58. The highest BCUT2D eigenvalue weighted by Crippen LogP contribution is 2.13. The average molecular weight is 302 g/mol. The second-order valence-corrected chi connectivity index (χ2v) is 4.34. The molecule has 5 nitrogen and oxygen atoms in total. The van der Waals surface area contributed by atoms with E-state index in [4.69, 9.17) is 10.8 Å². The van der Waals surface area contributed by atoms with Crippen LogP contribution >= 0.6 is 15.9 Å². The topological polar surface area (TPSA) is 89.6 Å². The van der Waals surface area contributed by atoms with Crippen LogP contribution in [-0.2, 0) is 16.0 Å².